The Morgan fingerprint density at radius 2 is 1.92 bits per heavy atom. The highest BCUT2D eigenvalue weighted by Gasteiger charge is 2.25. The summed E-state index contributed by atoms with van der Waals surface area (Å²) in [6.07, 6.45) is 3.59. The summed E-state index contributed by atoms with van der Waals surface area (Å²) in [7, 11) is 0. The van der Waals surface area contributed by atoms with Crippen molar-refractivity contribution >= 4 is 5.91 Å². The third-order valence-corrected chi connectivity index (χ3v) is 4.17. The number of carbonyl (C=O) groups is 1. The van der Waals surface area contributed by atoms with Gasteiger partial charge in [0.2, 0.25) is 0 Å². The zero-order valence-corrected chi connectivity index (χ0v) is 12.9. The molecular weight excluding hydrogens is 307 g/mol. The first-order chi connectivity index (χ1) is 11.7. The van der Waals surface area contributed by atoms with Crippen LogP contribution in [0.1, 0.15) is 21.7 Å². The zero-order chi connectivity index (χ0) is 16.5. The number of amides is 1. The summed E-state index contributed by atoms with van der Waals surface area (Å²) in [5.41, 5.74) is 3.42. The molecule has 3 heterocycles. The van der Waals surface area contributed by atoms with Crippen LogP contribution in [-0.4, -0.2) is 32.1 Å². The highest BCUT2D eigenvalue weighted by atomic mass is 19.1. The summed E-state index contributed by atoms with van der Waals surface area (Å²) >= 11 is 0. The molecule has 0 unspecified atom stereocenters. The largest absolute Gasteiger partial charge is 0.332 e. The Morgan fingerprint density at radius 1 is 1.08 bits per heavy atom. The van der Waals surface area contributed by atoms with Crippen LogP contribution in [-0.2, 0) is 13.0 Å². The summed E-state index contributed by atoms with van der Waals surface area (Å²) in [6.45, 7) is 1.07. The van der Waals surface area contributed by atoms with E-state index in [4.69, 9.17) is 0 Å². The summed E-state index contributed by atoms with van der Waals surface area (Å²) in [6, 6.07) is 12.6. The van der Waals surface area contributed by atoms with E-state index in [1.165, 1.54) is 12.1 Å². The van der Waals surface area contributed by atoms with Crippen LogP contribution < -0.4 is 0 Å². The second-order valence-corrected chi connectivity index (χ2v) is 5.70. The maximum absolute atomic E-state index is 13.0. The minimum atomic E-state index is -0.448. The van der Waals surface area contributed by atoms with Crippen LogP contribution >= 0.6 is 0 Å². The first-order valence-electron chi connectivity index (χ1n) is 7.74. The van der Waals surface area contributed by atoms with Crippen molar-refractivity contribution in [3.05, 3.63) is 77.6 Å². The maximum Gasteiger partial charge on any atom is 0.272 e. The average Bonchev–Trinajstić information content (AvgIpc) is 3.05. The Hall–Kier alpha value is -3.02. The van der Waals surface area contributed by atoms with E-state index in [0.717, 1.165) is 29.6 Å². The summed E-state index contributed by atoms with van der Waals surface area (Å²) in [5.74, 6) is -0.635. The number of carbonyl (C=O) groups excluding carboxylic acids is 1. The van der Waals surface area contributed by atoms with Gasteiger partial charge in [-0.1, -0.05) is 18.2 Å². The lowest BCUT2D eigenvalue weighted by Gasteiger charge is -2.27. The fraction of sp³-hybridized carbons (Fsp3) is 0.167. The van der Waals surface area contributed by atoms with Gasteiger partial charge in [0, 0.05) is 25.1 Å². The van der Waals surface area contributed by atoms with Crippen LogP contribution in [0, 0.1) is 5.82 Å². The van der Waals surface area contributed by atoms with Gasteiger partial charge in [0.15, 0.2) is 0 Å². The van der Waals surface area contributed by atoms with Crippen LogP contribution in [0.15, 0.2) is 54.9 Å². The van der Waals surface area contributed by atoms with Gasteiger partial charge in [-0.05, 0) is 24.3 Å². The fourth-order valence-corrected chi connectivity index (χ4v) is 2.96. The number of nitrogens with zero attached hydrogens (tertiary/aromatic N) is 4. The lowest BCUT2D eigenvalue weighted by molar-refractivity contribution is 0.0727. The molecule has 0 atom stereocenters. The van der Waals surface area contributed by atoms with E-state index in [0.29, 0.717) is 13.1 Å². The Labute approximate surface area is 138 Å². The number of hydrogen-bond acceptors (Lipinski definition) is 3. The van der Waals surface area contributed by atoms with Crippen LogP contribution in [0.5, 0.6) is 0 Å². The molecule has 0 saturated heterocycles. The van der Waals surface area contributed by atoms with Crippen molar-refractivity contribution in [2.75, 3.05) is 6.54 Å². The highest BCUT2D eigenvalue weighted by Crippen LogP contribution is 2.22. The average molecular weight is 322 g/mol. The fourth-order valence-electron chi connectivity index (χ4n) is 2.96. The predicted molar refractivity (Wildman–Crippen MR) is 86.2 cm³/mol. The molecule has 120 valence electrons. The molecule has 5 nitrogen and oxygen atoms in total. The molecule has 6 heteroatoms. The van der Waals surface area contributed by atoms with Crippen molar-refractivity contribution < 1.29 is 9.18 Å². The van der Waals surface area contributed by atoms with E-state index in [2.05, 4.69) is 10.1 Å². The molecule has 0 fully saturated rings. The molecule has 0 radical (unpaired) electrons. The Balaban J connectivity index is 1.58. The number of aromatic nitrogens is 3. The number of fused-ring (bicyclic) bond motifs is 1. The molecule has 3 aromatic rings. The predicted octanol–water partition coefficient (Wildman–Crippen LogP) is 2.60. The van der Waals surface area contributed by atoms with Crippen molar-refractivity contribution in [1.82, 2.24) is 19.7 Å². The lowest BCUT2D eigenvalue weighted by atomic mass is 10.1. The number of hydrogen-bond donors (Lipinski definition) is 0. The quantitative estimate of drug-likeness (QED) is 0.729. The van der Waals surface area contributed by atoms with E-state index < -0.39 is 5.82 Å². The van der Waals surface area contributed by atoms with Gasteiger partial charge in [0.05, 0.1) is 23.8 Å². The molecule has 1 aliphatic rings. The normalized spacial score (nSPS) is 13.6. The van der Waals surface area contributed by atoms with Crippen molar-refractivity contribution in [1.29, 1.82) is 0 Å². The SMILES string of the molecule is O=C(c1ccc(F)cn1)N1CCc2c(cnn2-c2ccccc2)C1. The van der Waals surface area contributed by atoms with Crippen molar-refractivity contribution in [2.45, 2.75) is 13.0 Å². The van der Waals surface area contributed by atoms with Gasteiger partial charge in [-0.3, -0.25) is 4.79 Å². The number of para-hydroxylation sites is 1. The minimum absolute atomic E-state index is 0.187. The number of pyridine rings is 1. The number of rotatable bonds is 2. The van der Waals surface area contributed by atoms with E-state index in [1.807, 2.05) is 35.0 Å². The second-order valence-electron chi connectivity index (χ2n) is 5.70. The summed E-state index contributed by atoms with van der Waals surface area (Å²) in [5, 5.41) is 4.46. The van der Waals surface area contributed by atoms with Crippen LogP contribution in [0.25, 0.3) is 5.69 Å². The van der Waals surface area contributed by atoms with Crippen molar-refractivity contribution in [3.63, 3.8) is 0 Å². The molecule has 0 bridgehead atoms. The molecule has 1 amide bonds. The molecule has 4 rings (SSSR count). The lowest BCUT2D eigenvalue weighted by Crippen LogP contribution is -2.36. The third kappa shape index (κ3) is 2.56. The first kappa shape index (κ1) is 14.6. The first-order valence-corrected chi connectivity index (χ1v) is 7.74. The van der Waals surface area contributed by atoms with Gasteiger partial charge in [-0.15, -0.1) is 0 Å². The van der Waals surface area contributed by atoms with Crippen molar-refractivity contribution in [3.8, 4) is 5.69 Å². The Morgan fingerprint density at radius 3 is 2.67 bits per heavy atom. The van der Waals surface area contributed by atoms with Gasteiger partial charge < -0.3 is 4.90 Å². The van der Waals surface area contributed by atoms with Gasteiger partial charge in [-0.2, -0.15) is 5.10 Å². The molecular formula is C18H15FN4O. The van der Waals surface area contributed by atoms with Gasteiger partial charge in [0.25, 0.3) is 5.91 Å². The molecule has 0 N–H and O–H groups in total. The van der Waals surface area contributed by atoms with Crippen LogP contribution in [0.2, 0.25) is 0 Å². The second kappa shape index (κ2) is 5.88. The molecule has 1 aromatic carbocycles. The molecule has 0 aliphatic carbocycles. The van der Waals surface area contributed by atoms with Crippen LogP contribution in [0.4, 0.5) is 4.39 Å². The smallest absolute Gasteiger partial charge is 0.272 e. The van der Waals surface area contributed by atoms with Gasteiger partial charge >= 0.3 is 0 Å². The number of benzene rings is 1. The van der Waals surface area contributed by atoms with E-state index >= 15 is 0 Å². The molecule has 2 aromatic heterocycles. The molecule has 1 aliphatic heterocycles. The Bertz CT molecular complexity index is 874. The zero-order valence-electron chi connectivity index (χ0n) is 12.9. The molecule has 0 saturated carbocycles. The maximum atomic E-state index is 13.0. The molecule has 24 heavy (non-hydrogen) atoms. The van der Waals surface area contributed by atoms with E-state index in [-0.39, 0.29) is 11.6 Å². The Kier molecular flexibility index (Phi) is 3.57. The standard InChI is InChI=1S/C18H15FN4O/c19-14-6-7-16(20-11-14)18(24)22-9-8-17-13(12-22)10-21-23(17)15-4-2-1-3-5-15/h1-7,10-11H,8-9,12H2. The monoisotopic (exact) mass is 322 g/mol. The van der Waals surface area contributed by atoms with Crippen molar-refractivity contribution in [2.24, 2.45) is 0 Å². The van der Waals surface area contributed by atoms with E-state index in [1.54, 1.807) is 11.1 Å². The van der Waals surface area contributed by atoms with E-state index in [9.17, 15) is 9.18 Å². The molecule has 0 spiro atoms. The van der Waals surface area contributed by atoms with Crippen LogP contribution in [0.3, 0.4) is 0 Å². The topological polar surface area (TPSA) is 51.0 Å². The summed E-state index contributed by atoms with van der Waals surface area (Å²) in [4.78, 5) is 18.1. The summed E-state index contributed by atoms with van der Waals surface area (Å²) < 4.78 is 14.9. The highest BCUT2D eigenvalue weighted by molar-refractivity contribution is 5.92. The number of halogens is 1. The minimum Gasteiger partial charge on any atom is -0.332 e. The van der Waals surface area contributed by atoms with Gasteiger partial charge in [0.1, 0.15) is 11.5 Å². The third-order valence-electron chi connectivity index (χ3n) is 4.17. The van der Waals surface area contributed by atoms with Gasteiger partial charge in [-0.25, -0.2) is 14.1 Å².